The highest BCUT2D eigenvalue weighted by Crippen LogP contribution is 2.29. The molecule has 5 rings (SSSR count). The van der Waals surface area contributed by atoms with Crippen molar-refractivity contribution in [3.8, 4) is 22.5 Å². The van der Waals surface area contributed by atoms with Crippen molar-refractivity contribution in [2.45, 2.75) is 64.5 Å². The van der Waals surface area contributed by atoms with Crippen LogP contribution in [-0.4, -0.2) is 69.8 Å². The molecule has 4 aromatic rings. The van der Waals surface area contributed by atoms with E-state index < -0.39 is 23.7 Å². The van der Waals surface area contributed by atoms with Gasteiger partial charge in [0.05, 0.1) is 12.7 Å². The van der Waals surface area contributed by atoms with Crippen LogP contribution in [0.1, 0.15) is 62.4 Å². The summed E-state index contributed by atoms with van der Waals surface area (Å²) >= 11 is 0. The summed E-state index contributed by atoms with van der Waals surface area (Å²) in [6.07, 6.45) is 2.61. The topological polar surface area (TPSA) is 177 Å². The van der Waals surface area contributed by atoms with Crippen LogP contribution in [0.3, 0.4) is 0 Å². The summed E-state index contributed by atoms with van der Waals surface area (Å²) in [5.41, 5.74) is 3.64. The van der Waals surface area contributed by atoms with Crippen LogP contribution in [-0.2, 0) is 25.5 Å². The van der Waals surface area contributed by atoms with E-state index in [-0.39, 0.29) is 30.1 Å². The molecule has 1 saturated carbocycles. The van der Waals surface area contributed by atoms with Crippen LogP contribution in [0.4, 0.5) is 10.5 Å². The molecule has 0 bridgehead atoms. The van der Waals surface area contributed by atoms with Gasteiger partial charge in [-0.2, -0.15) is 5.21 Å². The molecule has 3 amide bonds. The highest BCUT2D eigenvalue weighted by Gasteiger charge is 2.30. The van der Waals surface area contributed by atoms with Crippen LogP contribution in [0.2, 0.25) is 0 Å². The Hall–Kier alpha value is -5.59. The fourth-order valence-electron chi connectivity index (χ4n) is 5.94. The van der Waals surface area contributed by atoms with Crippen LogP contribution in [0.25, 0.3) is 22.5 Å². The van der Waals surface area contributed by atoms with Crippen molar-refractivity contribution in [2.75, 3.05) is 19.0 Å². The summed E-state index contributed by atoms with van der Waals surface area (Å²) in [7, 11) is 1.34. The van der Waals surface area contributed by atoms with E-state index in [1.54, 1.807) is 42.5 Å². The maximum atomic E-state index is 13.8. The first-order valence-corrected chi connectivity index (χ1v) is 16.7. The molecule has 13 heteroatoms. The molecule has 0 radical (unpaired) electrons. The van der Waals surface area contributed by atoms with Crippen LogP contribution in [0.15, 0.2) is 72.8 Å². The molecule has 1 fully saturated rings. The Morgan fingerprint density at radius 3 is 2.26 bits per heavy atom. The summed E-state index contributed by atoms with van der Waals surface area (Å²) in [5, 5.41) is 22.8. The lowest BCUT2D eigenvalue weighted by atomic mass is 9.81. The zero-order valence-corrected chi connectivity index (χ0v) is 28.7. The standard InChI is InChI=1S/C37H43N7O6/c1-37(2,3)50-36(48)38-22-23-11-13-26(14-12-23)33(45)40-31(34(46)39-30-17-15-25(16-18-30)32-41-43-44-42-32)20-24-7-5-8-27(19-24)28-9-6-10-29(21-28)35(47)49-4/h5-10,15-19,21,23,26,31H,11-14,20,22H2,1-4H3,(H,38,48)(H,39,46)(H,40,45)(H,41,42,43,44)/t23?,26?,31-/m0/s1. The van der Waals surface area contributed by atoms with E-state index in [2.05, 4.69) is 36.6 Å². The van der Waals surface area contributed by atoms with Crippen molar-refractivity contribution in [1.29, 1.82) is 0 Å². The molecule has 1 atom stereocenters. The largest absolute Gasteiger partial charge is 0.465 e. The number of aromatic amines is 1. The molecule has 4 N–H and O–H groups in total. The maximum Gasteiger partial charge on any atom is 0.407 e. The van der Waals surface area contributed by atoms with Crippen molar-refractivity contribution in [3.63, 3.8) is 0 Å². The predicted octanol–water partition coefficient (Wildman–Crippen LogP) is 5.32. The third kappa shape index (κ3) is 9.97. The number of carbonyl (C=O) groups is 4. The number of hydrogen-bond acceptors (Lipinski definition) is 9. The Morgan fingerprint density at radius 1 is 0.900 bits per heavy atom. The van der Waals surface area contributed by atoms with Gasteiger partial charge in [0.15, 0.2) is 0 Å². The van der Waals surface area contributed by atoms with Gasteiger partial charge >= 0.3 is 12.1 Å². The second-order valence-electron chi connectivity index (χ2n) is 13.4. The number of anilines is 1. The molecule has 1 heterocycles. The van der Waals surface area contributed by atoms with E-state index in [1.807, 2.05) is 51.1 Å². The third-order valence-electron chi connectivity index (χ3n) is 8.52. The van der Waals surface area contributed by atoms with Crippen molar-refractivity contribution in [2.24, 2.45) is 11.8 Å². The number of nitrogens with zero attached hydrogens (tertiary/aromatic N) is 3. The minimum atomic E-state index is -0.873. The molecule has 262 valence electrons. The lowest BCUT2D eigenvalue weighted by molar-refractivity contribution is -0.130. The number of amides is 3. The van der Waals surface area contributed by atoms with Crippen molar-refractivity contribution in [1.82, 2.24) is 31.3 Å². The number of nitrogens with one attached hydrogen (secondary N) is 4. The average molecular weight is 682 g/mol. The summed E-state index contributed by atoms with van der Waals surface area (Å²) in [6.45, 7) is 5.94. The second-order valence-corrected chi connectivity index (χ2v) is 13.4. The second kappa shape index (κ2) is 16.2. The quantitative estimate of drug-likeness (QED) is 0.153. The molecule has 1 aliphatic rings. The Bertz CT molecular complexity index is 1780. The molecular weight excluding hydrogens is 638 g/mol. The zero-order valence-electron chi connectivity index (χ0n) is 28.7. The first-order chi connectivity index (χ1) is 24.0. The van der Waals surface area contributed by atoms with Gasteiger partial charge < -0.3 is 25.4 Å². The molecule has 1 aromatic heterocycles. The van der Waals surface area contributed by atoms with Crippen molar-refractivity contribution >= 4 is 29.6 Å². The van der Waals surface area contributed by atoms with Crippen LogP contribution in [0.5, 0.6) is 0 Å². The normalized spacial score (nSPS) is 16.5. The number of rotatable bonds is 11. The number of hydrogen-bond donors (Lipinski definition) is 4. The smallest absolute Gasteiger partial charge is 0.407 e. The molecule has 50 heavy (non-hydrogen) atoms. The minimum absolute atomic E-state index is 0.182. The minimum Gasteiger partial charge on any atom is -0.465 e. The van der Waals surface area contributed by atoms with Gasteiger partial charge in [0.2, 0.25) is 17.6 Å². The van der Waals surface area contributed by atoms with Crippen LogP contribution >= 0.6 is 0 Å². The van der Waals surface area contributed by atoms with Gasteiger partial charge in [0.25, 0.3) is 0 Å². The fourth-order valence-corrected chi connectivity index (χ4v) is 5.94. The van der Waals surface area contributed by atoms with E-state index in [9.17, 15) is 19.2 Å². The molecular formula is C37H43N7O6. The number of H-pyrrole nitrogens is 1. The Morgan fingerprint density at radius 2 is 1.60 bits per heavy atom. The lowest BCUT2D eigenvalue weighted by Gasteiger charge is -2.29. The number of alkyl carbamates (subject to hydrolysis) is 1. The number of benzene rings is 3. The molecule has 0 saturated heterocycles. The number of tetrazole rings is 1. The first kappa shape index (κ1) is 35.7. The van der Waals surface area contributed by atoms with E-state index in [1.165, 1.54) is 7.11 Å². The van der Waals surface area contributed by atoms with Gasteiger partial charge in [-0.1, -0.05) is 36.4 Å². The zero-order chi connectivity index (χ0) is 35.7. The third-order valence-corrected chi connectivity index (χ3v) is 8.52. The van der Waals surface area contributed by atoms with Crippen LogP contribution < -0.4 is 16.0 Å². The number of esters is 1. The van der Waals surface area contributed by atoms with E-state index >= 15 is 0 Å². The number of methoxy groups -OCH3 is 1. The highest BCUT2D eigenvalue weighted by atomic mass is 16.6. The van der Waals surface area contributed by atoms with Crippen LogP contribution in [0, 0.1) is 11.8 Å². The van der Waals surface area contributed by atoms with Gasteiger partial charge in [0.1, 0.15) is 11.6 Å². The summed E-state index contributed by atoms with van der Waals surface area (Å²) in [6, 6.07) is 21.0. The van der Waals surface area contributed by atoms with Gasteiger partial charge in [-0.15, -0.1) is 10.2 Å². The number of aromatic nitrogens is 4. The first-order valence-electron chi connectivity index (χ1n) is 16.7. The Kier molecular flexibility index (Phi) is 11.6. The number of carbonyl (C=O) groups excluding carboxylic acids is 4. The molecule has 1 aliphatic carbocycles. The van der Waals surface area contributed by atoms with Gasteiger partial charge in [-0.05, 0) is 111 Å². The monoisotopic (exact) mass is 681 g/mol. The average Bonchev–Trinajstić information content (AvgIpc) is 3.65. The lowest BCUT2D eigenvalue weighted by Crippen LogP contribution is -2.48. The summed E-state index contributed by atoms with van der Waals surface area (Å²) in [4.78, 5) is 51.7. The van der Waals surface area contributed by atoms with Crippen molar-refractivity contribution in [3.05, 3.63) is 83.9 Å². The van der Waals surface area contributed by atoms with Gasteiger partial charge in [-0.25, -0.2) is 9.59 Å². The van der Waals surface area contributed by atoms with E-state index in [0.717, 1.165) is 35.1 Å². The maximum absolute atomic E-state index is 13.8. The number of ether oxygens (including phenoxy) is 2. The van der Waals surface area contributed by atoms with Crippen molar-refractivity contribution < 1.29 is 28.7 Å². The molecule has 13 nitrogen and oxygen atoms in total. The Balaban J connectivity index is 1.27. The van der Waals surface area contributed by atoms with Gasteiger partial charge in [0, 0.05) is 30.1 Å². The predicted molar refractivity (Wildman–Crippen MR) is 187 cm³/mol. The van der Waals surface area contributed by atoms with E-state index in [0.29, 0.717) is 36.5 Å². The Labute approximate surface area is 290 Å². The molecule has 3 aromatic carbocycles. The fraction of sp³-hybridized carbons (Fsp3) is 0.378. The molecule has 0 aliphatic heterocycles. The molecule has 0 unspecified atom stereocenters. The molecule has 0 spiro atoms. The van der Waals surface area contributed by atoms with Gasteiger partial charge in [-0.3, -0.25) is 9.59 Å². The summed E-state index contributed by atoms with van der Waals surface area (Å²) < 4.78 is 10.2. The van der Waals surface area contributed by atoms with E-state index in [4.69, 9.17) is 9.47 Å². The summed E-state index contributed by atoms with van der Waals surface area (Å²) in [5.74, 6) is -0.565. The SMILES string of the molecule is COC(=O)c1cccc(-c2cccc(C[C@H](NC(=O)C3CCC(CNC(=O)OC(C)(C)C)CC3)C(=O)Nc3ccc(-c4nn[nH]n4)cc3)c2)c1. The highest BCUT2D eigenvalue weighted by molar-refractivity contribution is 5.98.